The lowest BCUT2D eigenvalue weighted by Crippen LogP contribution is -2.41. The fourth-order valence-electron chi connectivity index (χ4n) is 1.67. The molecule has 0 saturated carbocycles. The predicted octanol–water partition coefficient (Wildman–Crippen LogP) is 2.34. The lowest BCUT2D eigenvalue weighted by atomic mass is 10.1. The number of amidine groups is 2. The van der Waals surface area contributed by atoms with E-state index in [0.29, 0.717) is 0 Å². The molecule has 0 aromatic carbocycles. The standard InChI is InChI=1S/C8H10Br3N3O3S/c9-8(10,11)6-12-7(17-18(15,16)13-6)14-4-2-1-3-5-14/h1-5H2. The van der Waals surface area contributed by atoms with Crippen molar-refractivity contribution in [1.29, 1.82) is 0 Å². The highest BCUT2D eigenvalue weighted by Crippen LogP contribution is 2.37. The van der Waals surface area contributed by atoms with Crippen molar-refractivity contribution >= 4 is 70.0 Å². The second-order valence-electron chi connectivity index (χ2n) is 3.87. The summed E-state index contributed by atoms with van der Waals surface area (Å²) < 4.78 is 30.5. The number of likely N-dealkylation sites (tertiary alicyclic amines) is 1. The first-order valence-electron chi connectivity index (χ1n) is 5.23. The first kappa shape index (κ1) is 14.7. The van der Waals surface area contributed by atoms with Crippen LogP contribution in [0, 0.1) is 0 Å². The Morgan fingerprint density at radius 1 is 1.17 bits per heavy atom. The van der Waals surface area contributed by atoms with Gasteiger partial charge in [0.15, 0.2) is 7.98 Å². The molecule has 0 atom stereocenters. The molecular weight excluding hydrogens is 458 g/mol. The van der Waals surface area contributed by atoms with Crippen molar-refractivity contribution < 1.29 is 12.6 Å². The Morgan fingerprint density at radius 2 is 1.78 bits per heavy atom. The van der Waals surface area contributed by atoms with E-state index in [1.165, 1.54) is 0 Å². The van der Waals surface area contributed by atoms with Gasteiger partial charge in [-0.1, -0.05) is 47.8 Å². The molecule has 0 spiro atoms. The molecule has 0 unspecified atom stereocenters. The van der Waals surface area contributed by atoms with Crippen molar-refractivity contribution in [2.75, 3.05) is 13.1 Å². The van der Waals surface area contributed by atoms with E-state index in [-0.39, 0.29) is 11.9 Å². The Balaban J connectivity index is 2.31. The molecule has 2 aliphatic heterocycles. The summed E-state index contributed by atoms with van der Waals surface area (Å²) in [5.74, 6) is 0.0503. The minimum absolute atomic E-state index is 0.0503. The third-order valence-electron chi connectivity index (χ3n) is 2.46. The van der Waals surface area contributed by atoms with Crippen molar-refractivity contribution in [2.45, 2.75) is 21.4 Å². The lowest BCUT2D eigenvalue weighted by molar-refractivity contribution is 0.291. The second-order valence-corrected chi connectivity index (χ2v) is 11.8. The molecule has 6 nitrogen and oxygen atoms in total. The molecule has 18 heavy (non-hydrogen) atoms. The molecule has 10 heteroatoms. The van der Waals surface area contributed by atoms with Crippen molar-refractivity contribution in [2.24, 2.45) is 9.39 Å². The molecule has 2 rings (SSSR count). The van der Waals surface area contributed by atoms with E-state index in [0.717, 1.165) is 32.4 Å². The van der Waals surface area contributed by atoms with Gasteiger partial charge in [0.25, 0.3) is 0 Å². The zero-order valence-corrected chi connectivity index (χ0v) is 14.7. The largest absolute Gasteiger partial charge is 0.432 e. The van der Waals surface area contributed by atoms with Gasteiger partial charge in [0.2, 0.25) is 0 Å². The van der Waals surface area contributed by atoms with Crippen LogP contribution in [0.4, 0.5) is 0 Å². The van der Waals surface area contributed by atoms with Crippen LogP contribution in [0.15, 0.2) is 9.39 Å². The first-order valence-corrected chi connectivity index (χ1v) is 8.97. The Morgan fingerprint density at radius 3 is 2.33 bits per heavy atom. The van der Waals surface area contributed by atoms with Gasteiger partial charge in [0.05, 0.1) is 0 Å². The van der Waals surface area contributed by atoms with Gasteiger partial charge in [-0.15, -0.1) is 4.40 Å². The van der Waals surface area contributed by atoms with E-state index >= 15 is 0 Å². The number of hydrogen-bond acceptors (Lipinski definition) is 5. The molecule has 2 aliphatic rings. The van der Waals surface area contributed by atoms with Crippen molar-refractivity contribution in [3.05, 3.63) is 0 Å². The van der Waals surface area contributed by atoms with Gasteiger partial charge < -0.3 is 9.08 Å². The van der Waals surface area contributed by atoms with E-state index < -0.39 is 12.4 Å². The normalized spacial score (nSPS) is 24.1. The summed E-state index contributed by atoms with van der Waals surface area (Å²) in [5, 5.41) is 0. The van der Waals surface area contributed by atoms with Crippen LogP contribution in [0.25, 0.3) is 0 Å². The molecule has 1 fully saturated rings. The van der Waals surface area contributed by atoms with Crippen molar-refractivity contribution in [3.8, 4) is 0 Å². The van der Waals surface area contributed by atoms with E-state index in [4.69, 9.17) is 4.18 Å². The molecule has 0 aliphatic carbocycles. The van der Waals surface area contributed by atoms with E-state index in [9.17, 15) is 8.42 Å². The lowest BCUT2D eigenvalue weighted by Gasteiger charge is -2.29. The Labute approximate surface area is 131 Å². The van der Waals surface area contributed by atoms with Gasteiger partial charge in [-0.2, -0.15) is 13.4 Å². The molecule has 1 saturated heterocycles. The molecule has 0 bridgehead atoms. The summed E-state index contributed by atoms with van der Waals surface area (Å²) in [7, 11) is -3.99. The van der Waals surface area contributed by atoms with Gasteiger partial charge in [-0.05, 0) is 19.3 Å². The number of halogens is 3. The van der Waals surface area contributed by atoms with Crippen LogP contribution in [0.3, 0.4) is 0 Å². The summed E-state index contributed by atoms with van der Waals surface area (Å²) in [6.07, 6.45) is 3.13. The molecule has 102 valence electrons. The highest BCUT2D eigenvalue weighted by molar-refractivity contribution is 9.40. The quantitative estimate of drug-likeness (QED) is 0.513. The average molecular weight is 468 g/mol. The van der Waals surface area contributed by atoms with Gasteiger partial charge in [0, 0.05) is 13.1 Å². The number of hydrogen-bond donors (Lipinski definition) is 0. The number of nitrogens with zero attached hydrogens (tertiary/aromatic N) is 3. The molecule has 0 aromatic rings. The molecular formula is C8H10Br3N3O3S. The second kappa shape index (κ2) is 5.37. The zero-order valence-electron chi connectivity index (χ0n) is 9.14. The predicted molar refractivity (Wildman–Crippen MR) is 79.8 cm³/mol. The van der Waals surface area contributed by atoms with Crippen LogP contribution in [0.2, 0.25) is 0 Å². The van der Waals surface area contributed by atoms with Gasteiger partial charge in [0.1, 0.15) is 0 Å². The van der Waals surface area contributed by atoms with E-state index in [1.807, 2.05) is 4.90 Å². The zero-order chi connectivity index (χ0) is 13.4. The number of piperidine rings is 1. The maximum absolute atomic E-state index is 11.6. The van der Waals surface area contributed by atoms with Gasteiger partial charge in [-0.25, -0.2) is 0 Å². The van der Waals surface area contributed by atoms with E-state index in [2.05, 4.69) is 57.2 Å². The maximum atomic E-state index is 11.6. The Kier molecular flexibility index (Phi) is 4.40. The Hall–Kier alpha value is 0.330. The molecule has 0 aromatic heterocycles. The SMILES string of the molecule is O=S1(=O)N=C(C(Br)(Br)Br)N=C(N2CCCCC2)O1. The van der Waals surface area contributed by atoms with Gasteiger partial charge >= 0.3 is 16.3 Å². The molecule has 0 amide bonds. The molecule has 2 heterocycles. The maximum Gasteiger partial charge on any atom is 0.432 e. The van der Waals surface area contributed by atoms with E-state index in [1.54, 1.807) is 0 Å². The number of alkyl halides is 3. The minimum atomic E-state index is -3.99. The van der Waals surface area contributed by atoms with Crippen LogP contribution >= 0.6 is 47.8 Å². The molecule has 0 N–H and O–H groups in total. The first-order chi connectivity index (χ1) is 8.28. The third kappa shape index (κ3) is 3.67. The Bertz CT molecular complexity index is 491. The summed E-state index contributed by atoms with van der Waals surface area (Å²) >= 11 is 9.60. The van der Waals surface area contributed by atoms with Crippen LogP contribution in [0.5, 0.6) is 0 Å². The van der Waals surface area contributed by atoms with Crippen molar-refractivity contribution in [3.63, 3.8) is 0 Å². The number of rotatable bonds is 0. The summed E-state index contributed by atoms with van der Waals surface area (Å²) in [4.78, 5) is 5.94. The molecule has 0 radical (unpaired) electrons. The van der Waals surface area contributed by atoms with Crippen LogP contribution in [-0.4, -0.2) is 40.4 Å². The fraction of sp³-hybridized carbons (Fsp3) is 0.750. The number of aliphatic imine (C=N–C) groups is 1. The van der Waals surface area contributed by atoms with Gasteiger partial charge in [-0.3, -0.25) is 0 Å². The van der Waals surface area contributed by atoms with Crippen LogP contribution in [0.1, 0.15) is 19.3 Å². The minimum Gasteiger partial charge on any atom is -0.328 e. The third-order valence-corrected chi connectivity index (χ3v) is 4.28. The summed E-state index contributed by atoms with van der Waals surface area (Å²) in [6.45, 7) is 1.48. The average Bonchev–Trinajstić information content (AvgIpc) is 2.27. The topological polar surface area (TPSA) is 71.3 Å². The van der Waals surface area contributed by atoms with Crippen molar-refractivity contribution in [1.82, 2.24) is 4.90 Å². The highest BCUT2D eigenvalue weighted by Gasteiger charge is 2.35. The summed E-state index contributed by atoms with van der Waals surface area (Å²) in [5.41, 5.74) is 0. The monoisotopic (exact) mass is 465 g/mol. The smallest absolute Gasteiger partial charge is 0.328 e. The fourth-order valence-corrected chi connectivity index (χ4v) is 3.31. The van der Waals surface area contributed by atoms with Crippen LogP contribution in [-0.2, 0) is 14.5 Å². The van der Waals surface area contributed by atoms with Crippen LogP contribution < -0.4 is 0 Å². The highest BCUT2D eigenvalue weighted by atomic mass is 80.0. The summed E-state index contributed by atoms with van der Waals surface area (Å²) in [6, 6.07) is 0.0856.